The Balaban J connectivity index is 1.49. The zero-order chi connectivity index (χ0) is 21.4. The number of benzene rings is 1. The second-order valence-corrected chi connectivity index (χ2v) is 9.11. The molecule has 1 aromatic carbocycles. The van der Waals surface area contributed by atoms with Gasteiger partial charge in [0.1, 0.15) is 11.8 Å². The van der Waals surface area contributed by atoms with Gasteiger partial charge in [0, 0.05) is 25.0 Å². The van der Waals surface area contributed by atoms with E-state index in [1.165, 1.54) is 12.8 Å². The third kappa shape index (κ3) is 3.90. The van der Waals surface area contributed by atoms with E-state index in [2.05, 4.69) is 39.2 Å². The molecule has 2 aromatic heterocycles. The molecule has 31 heavy (non-hydrogen) atoms. The molecule has 2 fully saturated rings. The second kappa shape index (κ2) is 8.52. The summed E-state index contributed by atoms with van der Waals surface area (Å²) in [6.45, 7) is 4.40. The van der Waals surface area contributed by atoms with Crippen LogP contribution < -0.4 is 15.1 Å². The van der Waals surface area contributed by atoms with Gasteiger partial charge in [-0.15, -0.1) is 0 Å². The van der Waals surface area contributed by atoms with Crippen molar-refractivity contribution in [3.05, 3.63) is 77.5 Å². The molecule has 3 aromatic rings. The number of thiocarbonyl (C=S) groups is 1. The molecule has 7 heteroatoms. The first-order valence-corrected chi connectivity index (χ1v) is 11.5. The molecule has 2 saturated heterocycles. The van der Waals surface area contributed by atoms with Crippen LogP contribution in [0.3, 0.4) is 0 Å². The summed E-state index contributed by atoms with van der Waals surface area (Å²) in [6, 6.07) is 15.7. The van der Waals surface area contributed by atoms with E-state index in [1.807, 2.05) is 36.4 Å². The van der Waals surface area contributed by atoms with Gasteiger partial charge in [-0.05, 0) is 73.4 Å². The highest BCUT2D eigenvalue weighted by Gasteiger charge is 2.42. The number of nitrogens with one attached hydrogen (secondary N) is 1. The van der Waals surface area contributed by atoms with Crippen LogP contribution in [0.2, 0.25) is 5.02 Å². The highest BCUT2D eigenvalue weighted by atomic mass is 35.5. The van der Waals surface area contributed by atoms with E-state index in [9.17, 15) is 0 Å². The van der Waals surface area contributed by atoms with Gasteiger partial charge in [-0.2, -0.15) is 0 Å². The minimum Gasteiger partial charge on any atom is -0.467 e. The molecule has 2 aliphatic rings. The largest absolute Gasteiger partial charge is 0.467 e. The van der Waals surface area contributed by atoms with Crippen LogP contribution in [-0.4, -0.2) is 23.2 Å². The van der Waals surface area contributed by atoms with Crippen LogP contribution in [0.5, 0.6) is 0 Å². The number of furan rings is 1. The number of rotatable bonds is 4. The maximum Gasteiger partial charge on any atom is 0.174 e. The summed E-state index contributed by atoms with van der Waals surface area (Å²) in [7, 11) is 0. The maximum absolute atomic E-state index is 6.78. The average Bonchev–Trinajstić information content (AvgIpc) is 3.43. The van der Waals surface area contributed by atoms with E-state index < -0.39 is 0 Å². The molecule has 4 heterocycles. The monoisotopic (exact) mass is 452 g/mol. The van der Waals surface area contributed by atoms with Crippen LogP contribution in [0.1, 0.15) is 43.3 Å². The lowest BCUT2D eigenvalue weighted by Crippen LogP contribution is -2.33. The van der Waals surface area contributed by atoms with Gasteiger partial charge in [0.2, 0.25) is 0 Å². The smallest absolute Gasteiger partial charge is 0.174 e. The predicted octanol–water partition coefficient (Wildman–Crippen LogP) is 5.74. The van der Waals surface area contributed by atoms with Gasteiger partial charge in [0.25, 0.3) is 0 Å². The zero-order valence-corrected chi connectivity index (χ0v) is 18.9. The fraction of sp³-hybridized carbons (Fsp3) is 0.333. The summed E-state index contributed by atoms with van der Waals surface area (Å²) in [4.78, 5) is 9.03. The first-order chi connectivity index (χ1) is 15.1. The Morgan fingerprint density at radius 1 is 1.13 bits per heavy atom. The Hall–Kier alpha value is -2.57. The van der Waals surface area contributed by atoms with Crippen molar-refractivity contribution in [3.8, 4) is 0 Å². The summed E-state index contributed by atoms with van der Waals surface area (Å²) in [6.07, 6.45) is 5.89. The molecule has 0 bridgehead atoms. The Bertz CT molecular complexity index is 1050. The molecule has 0 amide bonds. The molecule has 0 spiro atoms. The van der Waals surface area contributed by atoms with Crippen molar-refractivity contribution in [3.63, 3.8) is 0 Å². The van der Waals surface area contributed by atoms with Gasteiger partial charge in [-0.3, -0.25) is 4.98 Å². The Morgan fingerprint density at radius 2 is 1.97 bits per heavy atom. The number of pyridine rings is 1. The van der Waals surface area contributed by atoms with Crippen molar-refractivity contribution in [2.75, 3.05) is 22.9 Å². The molecule has 5 nitrogen and oxygen atoms in total. The van der Waals surface area contributed by atoms with Gasteiger partial charge in [-0.25, -0.2) is 0 Å². The van der Waals surface area contributed by atoms with Crippen molar-refractivity contribution in [1.29, 1.82) is 0 Å². The zero-order valence-electron chi connectivity index (χ0n) is 17.4. The normalized spacial score (nSPS) is 22.1. The number of anilines is 2. The molecular formula is C24H25ClN4OS. The van der Waals surface area contributed by atoms with Crippen molar-refractivity contribution < 1.29 is 4.42 Å². The lowest BCUT2D eigenvalue weighted by Gasteiger charge is -2.33. The standard InChI is InChI=1S/C24H25ClN4OS/c1-16-9-12-28(13-10-16)20-8-7-17(15-18(20)25)29-23(21-6-4-14-30-21)22(27-24(29)31)19-5-2-3-11-26-19/h2-8,11,14-16,22-23H,9-10,12-13H2,1H3,(H,27,31). The second-order valence-electron chi connectivity index (χ2n) is 8.32. The number of halogens is 1. The molecule has 0 aliphatic carbocycles. The molecule has 1 N–H and O–H groups in total. The summed E-state index contributed by atoms with van der Waals surface area (Å²) in [5, 5.41) is 4.82. The lowest BCUT2D eigenvalue weighted by atomic mass is 9.98. The topological polar surface area (TPSA) is 44.5 Å². The van der Waals surface area contributed by atoms with E-state index in [4.69, 9.17) is 28.2 Å². The van der Waals surface area contributed by atoms with Crippen LogP contribution in [0.25, 0.3) is 0 Å². The molecular weight excluding hydrogens is 428 g/mol. The van der Waals surface area contributed by atoms with Crippen LogP contribution in [0.15, 0.2) is 65.4 Å². The highest BCUT2D eigenvalue weighted by Crippen LogP contribution is 2.43. The fourth-order valence-electron chi connectivity index (χ4n) is 4.53. The number of aromatic nitrogens is 1. The van der Waals surface area contributed by atoms with Crippen molar-refractivity contribution in [2.45, 2.75) is 31.8 Å². The summed E-state index contributed by atoms with van der Waals surface area (Å²) >= 11 is 12.5. The first kappa shape index (κ1) is 20.3. The van der Waals surface area contributed by atoms with Crippen molar-refractivity contribution >= 4 is 40.3 Å². The Kier molecular flexibility index (Phi) is 5.59. The quantitative estimate of drug-likeness (QED) is 0.509. The van der Waals surface area contributed by atoms with Crippen LogP contribution >= 0.6 is 23.8 Å². The number of hydrogen-bond donors (Lipinski definition) is 1. The van der Waals surface area contributed by atoms with E-state index in [-0.39, 0.29) is 12.1 Å². The van der Waals surface area contributed by atoms with Crippen molar-refractivity contribution in [2.24, 2.45) is 5.92 Å². The Labute approximate surface area is 193 Å². The SMILES string of the molecule is CC1CCN(c2ccc(N3C(=S)NC(c4ccccn4)C3c3ccco3)cc2Cl)CC1. The molecule has 2 atom stereocenters. The summed E-state index contributed by atoms with van der Waals surface area (Å²) in [5.41, 5.74) is 2.95. The van der Waals surface area contributed by atoms with Gasteiger partial charge in [0.05, 0.1) is 28.7 Å². The molecule has 0 saturated carbocycles. The summed E-state index contributed by atoms with van der Waals surface area (Å²) in [5.74, 6) is 1.60. The summed E-state index contributed by atoms with van der Waals surface area (Å²) < 4.78 is 5.82. The van der Waals surface area contributed by atoms with E-state index in [0.717, 1.165) is 46.9 Å². The third-order valence-electron chi connectivity index (χ3n) is 6.27. The van der Waals surface area contributed by atoms with Crippen molar-refractivity contribution in [1.82, 2.24) is 10.3 Å². The van der Waals surface area contributed by atoms with Gasteiger partial charge in [0.15, 0.2) is 5.11 Å². The fourth-order valence-corrected chi connectivity index (χ4v) is 5.17. The lowest BCUT2D eigenvalue weighted by molar-refractivity contribution is 0.432. The third-order valence-corrected chi connectivity index (χ3v) is 6.88. The number of piperidine rings is 1. The van der Waals surface area contributed by atoms with Crippen LogP contribution in [-0.2, 0) is 0 Å². The average molecular weight is 453 g/mol. The Morgan fingerprint density at radius 3 is 2.65 bits per heavy atom. The van der Waals surface area contributed by atoms with Gasteiger partial charge < -0.3 is 19.5 Å². The van der Waals surface area contributed by atoms with E-state index in [0.29, 0.717) is 5.11 Å². The first-order valence-electron chi connectivity index (χ1n) is 10.7. The molecule has 2 unspecified atom stereocenters. The molecule has 2 aliphatic heterocycles. The number of nitrogens with zero attached hydrogens (tertiary/aromatic N) is 3. The van der Waals surface area contributed by atoms with Crippen LogP contribution in [0.4, 0.5) is 11.4 Å². The minimum atomic E-state index is -0.157. The highest BCUT2D eigenvalue weighted by molar-refractivity contribution is 7.80. The van der Waals surface area contributed by atoms with Gasteiger partial charge in [-0.1, -0.05) is 24.6 Å². The predicted molar refractivity (Wildman–Crippen MR) is 129 cm³/mol. The molecule has 5 rings (SSSR count). The van der Waals surface area contributed by atoms with Gasteiger partial charge >= 0.3 is 0 Å². The van der Waals surface area contributed by atoms with E-state index >= 15 is 0 Å². The maximum atomic E-state index is 6.78. The molecule has 160 valence electrons. The van der Waals surface area contributed by atoms with Crippen LogP contribution in [0, 0.1) is 5.92 Å². The number of hydrogen-bond acceptors (Lipinski definition) is 4. The minimum absolute atomic E-state index is 0.123. The van der Waals surface area contributed by atoms with E-state index in [1.54, 1.807) is 12.5 Å². The molecule has 0 radical (unpaired) electrons.